The molecule has 16 heavy (non-hydrogen) atoms. The molecule has 0 fully saturated rings. The number of thioether (sulfide) groups is 1. The normalized spacial score (nSPS) is 10.4. The molecule has 84 valence electrons. The summed E-state index contributed by atoms with van der Waals surface area (Å²) >= 11 is 7.06. The minimum Gasteiger partial charge on any atom is -0.380 e. The lowest BCUT2D eigenvalue weighted by Crippen LogP contribution is -1.97. The van der Waals surface area contributed by atoms with Crippen LogP contribution in [-0.2, 0) is 6.54 Å². The monoisotopic (exact) mass is 313 g/mol. The SMILES string of the molecule is CSc1ccc(NCc2sccc2Br)cc1. The van der Waals surface area contributed by atoms with Crippen molar-refractivity contribution >= 4 is 44.7 Å². The van der Waals surface area contributed by atoms with Crippen LogP contribution in [0.2, 0.25) is 0 Å². The zero-order valence-corrected chi connectivity index (χ0v) is 12.1. The highest BCUT2D eigenvalue weighted by Crippen LogP contribution is 2.24. The Labute approximate surface area is 112 Å². The summed E-state index contributed by atoms with van der Waals surface area (Å²) < 4.78 is 1.19. The molecule has 1 aromatic carbocycles. The molecule has 0 saturated heterocycles. The van der Waals surface area contributed by atoms with Gasteiger partial charge in [-0.1, -0.05) is 0 Å². The Balaban J connectivity index is 1.97. The first-order valence-corrected chi connectivity index (χ1v) is 7.79. The van der Waals surface area contributed by atoms with E-state index in [9.17, 15) is 0 Å². The summed E-state index contributed by atoms with van der Waals surface area (Å²) in [5.74, 6) is 0. The van der Waals surface area contributed by atoms with Gasteiger partial charge in [0.2, 0.25) is 0 Å². The van der Waals surface area contributed by atoms with Gasteiger partial charge in [0.05, 0.1) is 6.54 Å². The van der Waals surface area contributed by atoms with Crippen LogP contribution >= 0.6 is 39.0 Å². The van der Waals surface area contributed by atoms with Crippen molar-refractivity contribution in [2.24, 2.45) is 0 Å². The van der Waals surface area contributed by atoms with E-state index in [0.29, 0.717) is 0 Å². The van der Waals surface area contributed by atoms with Crippen molar-refractivity contribution in [3.8, 4) is 0 Å². The molecule has 1 nitrogen and oxygen atoms in total. The van der Waals surface area contributed by atoms with Crippen LogP contribution in [0, 0.1) is 0 Å². The summed E-state index contributed by atoms with van der Waals surface area (Å²) in [4.78, 5) is 2.62. The fourth-order valence-electron chi connectivity index (χ4n) is 1.34. The van der Waals surface area contributed by atoms with E-state index < -0.39 is 0 Å². The van der Waals surface area contributed by atoms with Gasteiger partial charge in [-0.3, -0.25) is 0 Å². The van der Waals surface area contributed by atoms with E-state index in [1.807, 2.05) is 0 Å². The van der Waals surface area contributed by atoms with Crippen molar-refractivity contribution in [3.05, 3.63) is 45.1 Å². The van der Waals surface area contributed by atoms with Crippen molar-refractivity contribution in [3.63, 3.8) is 0 Å². The first kappa shape index (κ1) is 12.0. The molecule has 0 aliphatic carbocycles. The van der Waals surface area contributed by atoms with Crippen LogP contribution in [0.15, 0.2) is 45.1 Å². The highest BCUT2D eigenvalue weighted by atomic mass is 79.9. The number of thiophene rings is 1. The van der Waals surface area contributed by atoms with E-state index in [2.05, 4.69) is 63.2 Å². The van der Waals surface area contributed by atoms with Crippen LogP contribution in [-0.4, -0.2) is 6.26 Å². The summed E-state index contributed by atoms with van der Waals surface area (Å²) in [6.07, 6.45) is 2.09. The van der Waals surface area contributed by atoms with Gasteiger partial charge in [0.1, 0.15) is 0 Å². The Bertz CT molecular complexity index is 450. The topological polar surface area (TPSA) is 12.0 Å². The second kappa shape index (κ2) is 5.75. The highest BCUT2D eigenvalue weighted by Gasteiger charge is 2.00. The van der Waals surface area contributed by atoms with Gasteiger partial charge in [-0.25, -0.2) is 0 Å². The maximum Gasteiger partial charge on any atom is 0.0505 e. The average molecular weight is 314 g/mol. The Kier molecular flexibility index (Phi) is 4.32. The summed E-state index contributed by atoms with van der Waals surface area (Å²) in [7, 11) is 0. The number of halogens is 1. The molecule has 0 unspecified atom stereocenters. The van der Waals surface area contributed by atoms with Crippen LogP contribution < -0.4 is 5.32 Å². The Hall–Kier alpha value is -0.450. The summed E-state index contributed by atoms with van der Waals surface area (Å²) in [6.45, 7) is 0.872. The van der Waals surface area contributed by atoms with Gasteiger partial charge >= 0.3 is 0 Å². The molecular weight excluding hydrogens is 302 g/mol. The molecule has 2 rings (SSSR count). The maximum absolute atomic E-state index is 3.53. The van der Waals surface area contributed by atoms with E-state index in [1.54, 1.807) is 23.1 Å². The van der Waals surface area contributed by atoms with E-state index in [-0.39, 0.29) is 0 Å². The lowest BCUT2D eigenvalue weighted by atomic mass is 10.3. The molecule has 0 atom stereocenters. The smallest absolute Gasteiger partial charge is 0.0505 e. The summed E-state index contributed by atoms with van der Waals surface area (Å²) in [5.41, 5.74) is 1.16. The third-order valence-corrected chi connectivity index (χ3v) is 4.90. The van der Waals surface area contributed by atoms with Crippen molar-refractivity contribution in [2.45, 2.75) is 11.4 Å². The van der Waals surface area contributed by atoms with Gasteiger partial charge in [-0.15, -0.1) is 23.1 Å². The van der Waals surface area contributed by atoms with E-state index >= 15 is 0 Å². The molecule has 4 heteroatoms. The molecule has 1 aromatic heterocycles. The molecule has 0 aliphatic rings. The van der Waals surface area contributed by atoms with Crippen LogP contribution in [0.25, 0.3) is 0 Å². The van der Waals surface area contributed by atoms with E-state index in [4.69, 9.17) is 0 Å². The Morgan fingerprint density at radius 3 is 2.56 bits per heavy atom. The van der Waals surface area contributed by atoms with Gasteiger partial charge < -0.3 is 5.32 Å². The fraction of sp³-hybridized carbons (Fsp3) is 0.167. The number of rotatable bonds is 4. The van der Waals surface area contributed by atoms with Gasteiger partial charge in [-0.05, 0) is 57.9 Å². The van der Waals surface area contributed by atoms with E-state index in [0.717, 1.165) is 12.2 Å². The standard InChI is InChI=1S/C12H12BrNS2/c1-15-10-4-2-9(3-5-10)14-8-12-11(13)6-7-16-12/h2-7,14H,8H2,1H3. The predicted octanol–water partition coefficient (Wildman–Crippen LogP) is 4.84. The minimum absolute atomic E-state index is 0.872. The first-order chi connectivity index (χ1) is 7.79. The number of anilines is 1. The van der Waals surface area contributed by atoms with Gasteiger partial charge in [-0.2, -0.15) is 0 Å². The third-order valence-electron chi connectivity index (χ3n) is 2.23. The molecule has 1 heterocycles. The molecule has 2 aromatic rings. The van der Waals surface area contributed by atoms with Gasteiger partial charge in [0.15, 0.2) is 0 Å². The maximum atomic E-state index is 3.53. The van der Waals surface area contributed by atoms with Gasteiger partial charge in [0.25, 0.3) is 0 Å². The highest BCUT2D eigenvalue weighted by molar-refractivity contribution is 9.10. The Morgan fingerprint density at radius 1 is 1.25 bits per heavy atom. The van der Waals surface area contributed by atoms with Crippen LogP contribution in [0.1, 0.15) is 4.88 Å². The molecule has 0 aliphatic heterocycles. The third kappa shape index (κ3) is 3.03. The van der Waals surface area contributed by atoms with Crippen LogP contribution in [0.4, 0.5) is 5.69 Å². The quantitative estimate of drug-likeness (QED) is 0.810. The van der Waals surface area contributed by atoms with Crippen LogP contribution in [0.3, 0.4) is 0 Å². The van der Waals surface area contributed by atoms with Crippen molar-refractivity contribution in [2.75, 3.05) is 11.6 Å². The lowest BCUT2D eigenvalue weighted by Gasteiger charge is -2.06. The largest absolute Gasteiger partial charge is 0.380 e. The minimum atomic E-state index is 0.872. The number of hydrogen-bond acceptors (Lipinski definition) is 3. The predicted molar refractivity (Wildman–Crippen MR) is 77.6 cm³/mol. The summed E-state index contributed by atoms with van der Waals surface area (Å²) in [5, 5.41) is 5.51. The average Bonchev–Trinajstić information content (AvgIpc) is 2.73. The molecule has 1 N–H and O–H groups in total. The number of nitrogens with one attached hydrogen (secondary N) is 1. The second-order valence-corrected chi connectivity index (χ2v) is 6.01. The van der Waals surface area contributed by atoms with E-state index in [1.165, 1.54) is 14.2 Å². The molecular formula is C12H12BrNS2. The zero-order valence-electron chi connectivity index (χ0n) is 8.87. The van der Waals surface area contributed by atoms with Crippen LogP contribution in [0.5, 0.6) is 0 Å². The number of hydrogen-bond donors (Lipinski definition) is 1. The summed E-state index contributed by atoms with van der Waals surface area (Å²) in [6, 6.07) is 10.6. The van der Waals surface area contributed by atoms with Crippen molar-refractivity contribution in [1.29, 1.82) is 0 Å². The molecule has 0 amide bonds. The Morgan fingerprint density at radius 2 is 2.00 bits per heavy atom. The fourth-order valence-corrected chi connectivity index (χ4v) is 3.18. The van der Waals surface area contributed by atoms with Crippen molar-refractivity contribution < 1.29 is 0 Å². The molecule has 0 spiro atoms. The number of benzene rings is 1. The van der Waals surface area contributed by atoms with Gasteiger partial charge in [0, 0.05) is 19.9 Å². The first-order valence-electron chi connectivity index (χ1n) is 4.89. The lowest BCUT2D eigenvalue weighted by molar-refractivity contribution is 1.18. The molecule has 0 radical (unpaired) electrons. The van der Waals surface area contributed by atoms with Crippen molar-refractivity contribution in [1.82, 2.24) is 0 Å². The zero-order chi connectivity index (χ0) is 11.4. The second-order valence-electron chi connectivity index (χ2n) is 3.27. The molecule has 0 bridgehead atoms. The molecule has 0 saturated carbocycles.